The summed E-state index contributed by atoms with van der Waals surface area (Å²) in [4.78, 5) is 11.2. The largest absolute Gasteiger partial charge is 0.485 e. The molecule has 0 amide bonds. The summed E-state index contributed by atoms with van der Waals surface area (Å²) in [6.07, 6.45) is 0.905. The molecule has 2 rings (SSSR count). The zero-order valence-electron chi connectivity index (χ0n) is 11.0. The zero-order chi connectivity index (χ0) is 13.7. The molecular weight excluding hydrogens is 244 g/mol. The minimum Gasteiger partial charge on any atom is -0.485 e. The average molecular weight is 260 g/mol. The van der Waals surface area contributed by atoms with Crippen LogP contribution in [0, 0.1) is 0 Å². The Morgan fingerprint density at radius 3 is 2.74 bits per heavy atom. The Labute approximate surface area is 111 Å². The van der Waals surface area contributed by atoms with E-state index >= 15 is 0 Å². The van der Waals surface area contributed by atoms with Crippen LogP contribution < -0.4 is 4.74 Å². The quantitative estimate of drug-likeness (QED) is 0.774. The van der Waals surface area contributed by atoms with E-state index in [-0.39, 0.29) is 12.4 Å². The van der Waals surface area contributed by atoms with Crippen LogP contribution in [0.4, 0.5) is 0 Å². The van der Waals surface area contributed by atoms with Gasteiger partial charge in [0.25, 0.3) is 0 Å². The highest BCUT2D eigenvalue weighted by atomic mass is 16.5. The number of carbonyl (C=O) groups excluding carboxylic acids is 1. The second-order valence-electron chi connectivity index (χ2n) is 4.01. The van der Waals surface area contributed by atoms with Gasteiger partial charge in [-0.15, -0.1) is 0 Å². The van der Waals surface area contributed by atoms with E-state index in [1.807, 2.05) is 24.3 Å². The molecule has 1 heterocycles. The number of carbonyl (C=O) groups is 1. The van der Waals surface area contributed by atoms with Crippen molar-refractivity contribution in [2.24, 2.45) is 0 Å². The van der Waals surface area contributed by atoms with E-state index in [0.29, 0.717) is 5.76 Å². The van der Waals surface area contributed by atoms with Gasteiger partial charge in [0, 0.05) is 0 Å². The van der Waals surface area contributed by atoms with Crippen molar-refractivity contribution in [3.8, 4) is 5.75 Å². The van der Waals surface area contributed by atoms with Crippen LogP contribution in [0.5, 0.6) is 5.75 Å². The topological polar surface area (TPSA) is 48.7 Å². The van der Waals surface area contributed by atoms with Crippen LogP contribution in [0.15, 0.2) is 40.8 Å². The number of aryl methyl sites for hydroxylation is 1. The number of para-hydroxylation sites is 1. The molecule has 0 aliphatic heterocycles. The van der Waals surface area contributed by atoms with E-state index in [9.17, 15) is 4.79 Å². The zero-order valence-corrected chi connectivity index (χ0v) is 11.0. The van der Waals surface area contributed by atoms with Crippen molar-refractivity contribution in [2.45, 2.75) is 20.0 Å². The Morgan fingerprint density at radius 2 is 2.00 bits per heavy atom. The maximum absolute atomic E-state index is 11.2. The van der Waals surface area contributed by atoms with Crippen molar-refractivity contribution in [3.63, 3.8) is 0 Å². The average Bonchev–Trinajstić information content (AvgIpc) is 2.93. The maximum Gasteiger partial charge on any atom is 0.373 e. The third-order valence-corrected chi connectivity index (χ3v) is 2.77. The normalized spacial score (nSPS) is 10.2. The van der Waals surface area contributed by atoms with E-state index in [2.05, 4.69) is 11.7 Å². The number of hydrogen-bond donors (Lipinski definition) is 0. The van der Waals surface area contributed by atoms with Gasteiger partial charge >= 0.3 is 5.97 Å². The van der Waals surface area contributed by atoms with Crippen molar-refractivity contribution in [3.05, 3.63) is 53.5 Å². The molecule has 0 aliphatic carbocycles. The van der Waals surface area contributed by atoms with Gasteiger partial charge in [0.2, 0.25) is 5.76 Å². The van der Waals surface area contributed by atoms with Gasteiger partial charge in [-0.2, -0.15) is 0 Å². The summed E-state index contributed by atoms with van der Waals surface area (Å²) >= 11 is 0. The molecule has 0 bridgehead atoms. The minimum absolute atomic E-state index is 0.185. The number of benzene rings is 1. The monoisotopic (exact) mass is 260 g/mol. The second-order valence-corrected chi connectivity index (χ2v) is 4.01. The highest BCUT2D eigenvalue weighted by Gasteiger charge is 2.11. The predicted octanol–water partition coefficient (Wildman–Crippen LogP) is 3.21. The fourth-order valence-corrected chi connectivity index (χ4v) is 1.75. The van der Waals surface area contributed by atoms with Crippen molar-refractivity contribution in [1.82, 2.24) is 0 Å². The van der Waals surface area contributed by atoms with Crippen LogP contribution in [0.1, 0.15) is 28.8 Å². The van der Waals surface area contributed by atoms with Crippen LogP contribution in [0.3, 0.4) is 0 Å². The molecule has 0 radical (unpaired) electrons. The van der Waals surface area contributed by atoms with Crippen molar-refractivity contribution in [2.75, 3.05) is 7.11 Å². The van der Waals surface area contributed by atoms with Crippen LogP contribution in [0.25, 0.3) is 0 Å². The van der Waals surface area contributed by atoms with Crippen molar-refractivity contribution < 1.29 is 18.7 Å². The standard InChI is InChI=1S/C15H16O4/c1-3-11-6-4-5-7-13(11)18-10-12-8-9-14(19-12)15(16)17-2/h4-9H,3,10H2,1-2H3. The first-order chi connectivity index (χ1) is 9.24. The summed E-state index contributed by atoms with van der Waals surface area (Å²) in [5.41, 5.74) is 1.14. The van der Waals surface area contributed by atoms with Gasteiger partial charge in [-0.25, -0.2) is 4.79 Å². The van der Waals surface area contributed by atoms with Gasteiger partial charge in [0.1, 0.15) is 18.1 Å². The smallest absolute Gasteiger partial charge is 0.373 e. The molecule has 4 heteroatoms. The first-order valence-electron chi connectivity index (χ1n) is 6.12. The van der Waals surface area contributed by atoms with E-state index in [0.717, 1.165) is 17.7 Å². The van der Waals surface area contributed by atoms with Crippen LogP contribution in [-0.4, -0.2) is 13.1 Å². The van der Waals surface area contributed by atoms with E-state index < -0.39 is 5.97 Å². The highest BCUT2D eigenvalue weighted by molar-refractivity contribution is 5.86. The van der Waals surface area contributed by atoms with E-state index in [1.54, 1.807) is 12.1 Å². The molecule has 0 spiro atoms. The lowest BCUT2D eigenvalue weighted by Crippen LogP contribution is -1.99. The Kier molecular flexibility index (Phi) is 4.23. The molecule has 0 atom stereocenters. The Balaban J connectivity index is 2.02. The number of rotatable bonds is 5. The van der Waals surface area contributed by atoms with Gasteiger partial charge in [0.05, 0.1) is 7.11 Å². The lowest BCUT2D eigenvalue weighted by molar-refractivity contribution is 0.0561. The van der Waals surface area contributed by atoms with Crippen molar-refractivity contribution >= 4 is 5.97 Å². The highest BCUT2D eigenvalue weighted by Crippen LogP contribution is 2.20. The molecule has 0 aliphatic rings. The van der Waals surface area contributed by atoms with Crippen LogP contribution >= 0.6 is 0 Å². The lowest BCUT2D eigenvalue weighted by Gasteiger charge is -2.08. The summed E-state index contributed by atoms with van der Waals surface area (Å²) in [6.45, 7) is 2.36. The number of esters is 1. The summed E-state index contributed by atoms with van der Waals surface area (Å²) in [5, 5.41) is 0. The third-order valence-electron chi connectivity index (χ3n) is 2.77. The van der Waals surface area contributed by atoms with Crippen LogP contribution in [0.2, 0.25) is 0 Å². The van der Waals surface area contributed by atoms with Gasteiger partial charge in [-0.05, 0) is 30.2 Å². The first kappa shape index (κ1) is 13.2. The molecule has 100 valence electrons. The fraction of sp³-hybridized carbons (Fsp3) is 0.267. The Bertz CT molecular complexity index is 557. The molecule has 1 aromatic carbocycles. The predicted molar refractivity (Wildman–Crippen MR) is 70.2 cm³/mol. The molecule has 4 nitrogen and oxygen atoms in total. The van der Waals surface area contributed by atoms with Gasteiger partial charge in [-0.1, -0.05) is 25.1 Å². The third kappa shape index (κ3) is 3.16. The number of methoxy groups -OCH3 is 1. The molecule has 0 unspecified atom stereocenters. The van der Waals surface area contributed by atoms with Gasteiger partial charge in [0.15, 0.2) is 0 Å². The Hall–Kier alpha value is -2.23. The van der Waals surface area contributed by atoms with Crippen LogP contribution in [-0.2, 0) is 17.8 Å². The molecule has 0 N–H and O–H groups in total. The number of hydrogen-bond acceptors (Lipinski definition) is 4. The SMILES string of the molecule is CCc1ccccc1OCc1ccc(C(=O)OC)o1. The van der Waals surface area contributed by atoms with Crippen molar-refractivity contribution in [1.29, 1.82) is 0 Å². The molecular formula is C15H16O4. The summed E-state index contributed by atoms with van der Waals surface area (Å²) < 4.78 is 15.6. The maximum atomic E-state index is 11.2. The number of furan rings is 1. The molecule has 0 saturated carbocycles. The summed E-state index contributed by atoms with van der Waals surface area (Å²) in [5.74, 6) is 1.12. The van der Waals surface area contributed by atoms with E-state index in [1.165, 1.54) is 7.11 Å². The summed E-state index contributed by atoms with van der Waals surface area (Å²) in [6, 6.07) is 11.1. The van der Waals surface area contributed by atoms with Gasteiger partial charge < -0.3 is 13.9 Å². The molecule has 19 heavy (non-hydrogen) atoms. The second kappa shape index (κ2) is 6.09. The molecule has 1 aromatic heterocycles. The Morgan fingerprint density at radius 1 is 1.21 bits per heavy atom. The molecule has 0 fully saturated rings. The number of ether oxygens (including phenoxy) is 2. The van der Waals surface area contributed by atoms with Gasteiger partial charge in [-0.3, -0.25) is 0 Å². The fourth-order valence-electron chi connectivity index (χ4n) is 1.75. The molecule has 2 aromatic rings. The minimum atomic E-state index is -0.486. The first-order valence-corrected chi connectivity index (χ1v) is 6.12. The molecule has 0 saturated heterocycles. The van der Waals surface area contributed by atoms with E-state index in [4.69, 9.17) is 9.15 Å². The lowest BCUT2D eigenvalue weighted by atomic mass is 10.1. The summed E-state index contributed by atoms with van der Waals surface area (Å²) in [7, 11) is 1.32.